The number of anilines is 3. The van der Waals surface area contributed by atoms with Crippen molar-refractivity contribution in [1.82, 2.24) is 0 Å². The van der Waals surface area contributed by atoms with Crippen molar-refractivity contribution in [2.24, 2.45) is 0 Å². The maximum absolute atomic E-state index is 12.7. The van der Waals surface area contributed by atoms with Gasteiger partial charge in [0.05, 0.1) is 5.56 Å². The molecule has 0 saturated carbocycles. The highest BCUT2D eigenvalue weighted by molar-refractivity contribution is 6.06. The molecule has 0 atom stereocenters. The van der Waals surface area contributed by atoms with E-state index in [1.807, 2.05) is 49.4 Å². The molecule has 1 heterocycles. The van der Waals surface area contributed by atoms with Gasteiger partial charge < -0.3 is 20.3 Å². The molecule has 2 N–H and O–H groups in total. The second-order valence-electron chi connectivity index (χ2n) is 7.85. The molecule has 32 heavy (non-hydrogen) atoms. The Hall–Kier alpha value is -3.80. The molecule has 2 amide bonds. The number of nitrogens with zero attached hydrogens (tertiary/aromatic N) is 1. The summed E-state index contributed by atoms with van der Waals surface area (Å²) in [6, 6.07) is 22.2. The first kappa shape index (κ1) is 21.4. The normalized spacial score (nSPS) is 13.0. The van der Waals surface area contributed by atoms with Crippen LogP contribution in [0.25, 0.3) is 0 Å². The lowest BCUT2D eigenvalue weighted by molar-refractivity contribution is -0.118. The highest BCUT2D eigenvalue weighted by Crippen LogP contribution is 2.26. The molecule has 0 radical (unpaired) electrons. The van der Waals surface area contributed by atoms with Gasteiger partial charge in [0.15, 0.2) is 6.61 Å². The van der Waals surface area contributed by atoms with Crippen LogP contribution in [0.2, 0.25) is 0 Å². The number of ether oxygens (including phenoxy) is 1. The first-order valence-electron chi connectivity index (χ1n) is 10.8. The lowest BCUT2D eigenvalue weighted by Crippen LogP contribution is -2.22. The van der Waals surface area contributed by atoms with Crippen LogP contribution in [0.1, 0.15) is 28.8 Å². The average Bonchev–Trinajstić information content (AvgIpc) is 3.35. The summed E-state index contributed by atoms with van der Waals surface area (Å²) in [4.78, 5) is 27.5. The van der Waals surface area contributed by atoms with Crippen LogP contribution in [0.5, 0.6) is 5.75 Å². The quantitative estimate of drug-likeness (QED) is 0.562. The Morgan fingerprint density at radius 1 is 0.906 bits per heavy atom. The van der Waals surface area contributed by atoms with Crippen molar-refractivity contribution < 1.29 is 14.3 Å². The van der Waals surface area contributed by atoms with Crippen LogP contribution in [0.3, 0.4) is 0 Å². The third kappa shape index (κ3) is 5.27. The Bertz CT molecular complexity index is 1090. The lowest BCUT2D eigenvalue weighted by Gasteiger charge is -2.19. The van der Waals surface area contributed by atoms with E-state index in [2.05, 4.69) is 21.6 Å². The Morgan fingerprint density at radius 3 is 2.38 bits per heavy atom. The molecule has 164 valence electrons. The number of hydrogen-bond donors (Lipinski definition) is 2. The Morgan fingerprint density at radius 2 is 1.62 bits per heavy atom. The molecule has 0 spiro atoms. The van der Waals surface area contributed by atoms with E-state index >= 15 is 0 Å². The molecule has 0 aliphatic carbocycles. The number of rotatable bonds is 7. The molecule has 1 aliphatic rings. The Kier molecular flexibility index (Phi) is 6.70. The van der Waals surface area contributed by atoms with E-state index in [4.69, 9.17) is 4.74 Å². The monoisotopic (exact) mass is 429 g/mol. The number of benzene rings is 3. The molecule has 1 aliphatic heterocycles. The number of aryl methyl sites for hydroxylation is 1. The minimum Gasteiger partial charge on any atom is -0.483 e. The van der Waals surface area contributed by atoms with Crippen LogP contribution in [0.4, 0.5) is 17.1 Å². The molecule has 0 unspecified atom stereocenters. The summed E-state index contributed by atoms with van der Waals surface area (Å²) in [5.74, 6) is -0.210. The summed E-state index contributed by atoms with van der Waals surface area (Å²) in [6.45, 7) is 3.95. The second kappa shape index (κ2) is 10.0. The third-order valence-corrected chi connectivity index (χ3v) is 5.48. The van der Waals surface area contributed by atoms with E-state index in [-0.39, 0.29) is 18.4 Å². The number of hydrogen-bond acceptors (Lipinski definition) is 4. The fourth-order valence-electron chi connectivity index (χ4n) is 3.79. The molecule has 3 aromatic rings. The fourth-order valence-corrected chi connectivity index (χ4v) is 3.79. The highest BCUT2D eigenvalue weighted by Gasteiger charge is 2.16. The third-order valence-electron chi connectivity index (χ3n) is 5.48. The molecule has 0 bridgehead atoms. The topological polar surface area (TPSA) is 70.7 Å². The van der Waals surface area contributed by atoms with Crippen molar-refractivity contribution in [3.8, 4) is 5.75 Å². The van der Waals surface area contributed by atoms with Crippen LogP contribution in [-0.2, 0) is 4.79 Å². The predicted octanol–water partition coefficient (Wildman–Crippen LogP) is 4.87. The first-order chi connectivity index (χ1) is 15.6. The molecular weight excluding hydrogens is 402 g/mol. The van der Waals surface area contributed by atoms with E-state index in [1.54, 1.807) is 24.3 Å². The van der Waals surface area contributed by atoms with Crippen LogP contribution >= 0.6 is 0 Å². The number of carbonyl (C=O) groups is 2. The second-order valence-corrected chi connectivity index (χ2v) is 7.85. The molecular formula is C26H27N3O3. The van der Waals surface area contributed by atoms with Gasteiger partial charge in [0, 0.05) is 30.2 Å². The first-order valence-corrected chi connectivity index (χ1v) is 10.8. The molecule has 1 fully saturated rings. The largest absolute Gasteiger partial charge is 0.483 e. The van der Waals surface area contributed by atoms with Crippen molar-refractivity contribution in [3.63, 3.8) is 0 Å². The van der Waals surface area contributed by atoms with Gasteiger partial charge in [0.1, 0.15) is 5.75 Å². The van der Waals surface area contributed by atoms with Crippen molar-refractivity contribution in [2.75, 3.05) is 35.2 Å². The van der Waals surface area contributed by atoms with E-state index in [0.717, 1.165) is 24.3 Å². The predicted molar refractivity (Wildman–Crippen MR) is 128 cm³/mol. The number of carbonyl (C=O) groups excluding carboxylic acids is 2. The number of amides is 2. The molecule has 3 aromatic carbocycles. The fraction of sp³-hybridized carbons (Fsp3) is 0.231. The zero-order chi connectivity index (χ0) is 22.3. The van der Waals surface area contributed by atoms with Crippen molar-refractivity contribution in [3.05, 3.63) is 83.9 Å². The van der Waals surface area contributed by atoms with E-state index < -0.39 is 0 Å². The summed E-state index contributed by atoms with van der Waals surface area (Å²) >= 11 is 0. The van der Waals surface area contributed by atoms with Gasteiger partial charge in [-0.3, -0.25) is 9.59 Å². The summed E-state index contributed by atoms with van der Waals surface area (Å²) in [5.41, 5.74) is 4.02. The summed E-state index contributed by atoms with van der Waals surface area (Å²) in [6.07, 6.45) is 2.44. The molecule has 4 rings (SSSR count). The van der Waals surface area contributed by atoms with Gasteiger partial charge in [-0.15, -0.1) is 0 Å². The van der Waals surface area contributed by atoms with Crippen molar-refractivity contribution >= 4 is 28.9 Å². The van der Waals surface area contributed by atoms with Gasteiger partial charge in [-0.25, -0.2) is 0 Å². The van der Waals surface area contributed by atoms with Crippen LogP contribution in [0.15, 0.2) is 72.8 Å². The maximum Gasteiger partial charge on any atom is 0.262 e. The zero-order valence-electron chi connectivity index (χ0n) is 18.1. The van der Waals surface area contributed by atoms with Gasteiger partial charge in [-0.2, -0.15) is 0 Å². The smallest absolute Gasteiger partial charge is 0.262 e. The van der Waals surface area contributed by atoms with Gasteiger partial charge in [-0.1, -0.05) is 30.3 Å². The molecule has 1 saturated heterocycles. The van der Waals surface area contributed by atoms with Gasteiger partial charge in [0.2, 0.25) is 0 Å². The average molecular weight is 430 g/mol. The van der Waals surface area contributed by atoms with E-state index in [0.29, 0.717) is 17.0 Å². The summed E-state index contributed by atoms with van der Waals surface area (Å²) in [7, 11) is 0. The van der Waals surface area contributed by atoms with Crippen LogP contribution in [0, 0.1) is 6.92 Å². The SMILES string of the molecule is Cc1cc(N2CCCC2)ccc1NC(=O)COc1ccccc1C(=O)Nc1ccccc1. The van der Waals surface area contributed by atoms with Crippen molar-refractivity contribution in [2.45, 2.75) is 19.8 Å². The molecule has 0 aromatic heterocycles. The van der Waals surface area contributed by atoms with E-state index in [9.17, 15) is 9.59 Å². The number of nitrogens with one attached hydrogen (secondary N) is 2. The van der Waals surface area contributed by atoms with Gasteiger partial charge in [-0.05, 0) is 67.8 Å². The Labute approximate surface area is 188 Å². The van der Waals surface area contributed by atoms with Crippen LogP contribution in [-0.4, -0.2) is 31.5 Å². The minimum absolute atomic E-state index is 0.192. The zero-order valence-corrected chi connectivity index (χ0v) is 18.1. The highest BCUT2D eigenvalue weighted by atomic mass is 16.5. The van der Waals surface area contributed by atoms with Crippen LogP contribution < -0.4 is 20.3 Å². The summed E-state index contributed by atoms with van der Waals surface area (Å²) in [5, 5.41) is 5.74. The molecule has 6 heteroatoms. The number of para-hydroxylation sites is 2. The summed E-state index contributed by atoms with van der Waals surface area (Å²) < 4.78 is 5.69. The van der Waals surface area contributed by atoms with Crippen molar-refractivity contribution in [1.29, 1.82) is 0 Å². The Balaban J connectivity index is 1.37. The lowest BCUT2D eigenvalue weighted by atomic mass is 10.1. The molecule has 6 nitrogen and oxygen atoms in total. The van der Waals surface area contributed by atoms with Gasteiger partial charge >= 0.3 is 0 Å². The van der Waals surface area contributed by atoms with E-state index in [1.165, 1.54) is 18.5 Å². The minimum atomic E-state index is -0.291. The standard InChI is InChI=1S/C26H27N3O3/c1-19-17-21(29-15-7-8-16-29)13-14-23(19)28-25(30)18-32-24-12-6-5-11-22(24)26(31)27-20-9-3-2-4-10-20/h2-6,9-14,17H,7-8,15-16,18H2,1H3,(H,27,31)(H,28,30). The maximum atomic E-state index is 12.7. The van der Waals surface area contributed by atoms with Gasteiger partial charge in [0.25, 0.3) is 11.8 Å².